The molecule has 5 nitrogen and oxygen atoms in total. The SMILES string of the molecule is c1ccc(-c2nc(-c3ccccc3)nc(-c3ccc4c(c3)C3(c5ccccc5Oc5ccccc53)c3cc(-c5ccncc5)ccc3-4)n2)cc1. The summed E-state index contributed by atoms with van der Waals surface area (Å²) in [5.74, 6) is 3.59. The van der Waals surface area contributed by atoms with E-state index in [1.165, 1.54) is 22.3 Å². The van der Waals surface area contributed by atoms with E-state index < -0.39 is 5.41 Å². The van der Waals surface area contributed by atoms with E-state index in [-0.39, 0.29) is 0 Å². The first kappa shape index (κ1) is 28.3. The number of hydrogen-bond acceptors (Lipinski definition) is 5. The van der Waals surface area contributed by atoms with Crippen LogP contribution in [0.25, 0.3) is 56.4 Å². The normalized spacial score (nSPS) is 13.1. The van der Waals surface area contributed by atoms with E-state index >= 15 is 0 Å². The summed E-state index contributed by atoms with van der Waals surface area (Å²) in [5.41, 5.74) is 11.4. The average Bonchev–Trinajstić information content (AvgIpc) is 3.48. The van der Waals surface area contributed by atoms with Crippen molar-refractivity contribution in [3.63, 3.8) is 0 Å². The maximum absolute atomic E-state index is 6.61. The van der Waals surface area contributed by atoms with Crippen molar-refractivity contribution >= 4 is 0 Å². The fourth-order valence-corrected chi connectivity index (χ4v) is 7.70. The number of aromatic nitrogens is 4. The average molecular weight is 641 g/mol. The van der Waals surface area contributed by atoms with E-state index in [0.29, 0.717) is 17.5 Å². The molecular weight excluding hydrogens is 613 g/mol. The van der Waals surface area contributed by atoms with Crippen LogP contribution in [0, 0.1) is 0 Å². The molecule has 2 aromatic heterocycles. The van der Waals surface area contributed by atoms with Crippen LogP contribution in [0.5, 0.6) is 11.5 Å². The summed E-state index contributed by atoms with van der Waals surface area (Å²) in [7, 11) is 0. The van der Waals surface area contributed by atoms with Crippen LogP contribution in [0.4, 0.5) is 0 Å². The zero-order chi connectivity index (χ0) is 33.1. The highest BCUT2D eigenvalue weighted by Gasteiger charge is 2.51. The van der Waals surface area contributed by atoms with Crippen molar-refractivity contribution in [3.05, 3.63) is 192 Å². The summed E-state index contributed by atoms with van der Waals surface area (Å²) in [6.07, 6.45) is 3.70. The van der Waals surface area contributed by atoms with E-state index in [2.05, 4.69) is 89.9 Å². The summed E-state index contributed by atoms with van der Waals surface area (Å²) in [4.78, 5) is 19.4. The summed E-state index contributed by atoms with van der Waals surface area (Å²) < 4.78 is 6.61. The first-order valence-electron chi connectivity index (χ1n) is 16.7. The monoisotopic (exact) mass is 640 g/mol. The zero-order valence-corrected chi connectivity index (χ0v) is 26.9. The Hall–Kier alpha value is -6.72. The van der Waals surface area contributed by atoms with E-state index in [9.17, 15) is 0 Å². The van der Waals surface area contributed by atoms with Gasteiger partial charge in [-0.3, -0.25) is 4.98 Å². The second-order valence-corrected chi connectivity index (χ2v) is 12.6. The van der Waals surface area contributed by atoms with Crippen LogP contribution in [-0.4, -0.2) is 19.9 Å². The number of fused-ring (bicyclic) bond motifs is 9. The molecule has 234 valence electrons. The van der Waals surface area contributed by atoms with Gasteiger partial charge in [0.05, 0.1) is 5.41 Å². The zero-order valence-electron chi connectivity index (χ0n) is 26.9. The largest absolute Gasteiger partial charge is 0.457 e. The topological polar surface area (TPSA) is 60.8 Å². The molecule has 0 bridgehead atoms. The highest BCUT2D eigenvalue weighted by atomic mass is 16.5. The van der Waals surface area contributed by atoms with Gasteiger partial charge >= 0.3 is 0 Å². The Labute approximate surface area is 289 Å². The van der Waals surface area contributed by atoms with Crippen molar-refractivity contribution in [1.82, 2.24) is 19.9 Å². The van der Waals surface area contributed by atoms with Gasteiger partial charge in [0.25, 0.3) is 0 Å². The molecule has 8 aromatic rings. The van der Waals surface area contributed by atoms with Crippen molar-refractivity contribution < 1.29 is 4.74 Å². The first-order chi connectivity index (χ1) is 24.8. The number of nitrogens with zero attached hydrogens (tertiary/aromatic N) is 4. The smallest absolute Gasteiger partial charge is 0.164 e. The fourth-order valence-electron chi connectivity index (χ4n) is 7.70. The molecule has 0 atom stereocenters. The van der Waals surface area contributed by atoms with Gasteiger partial charge in [0.2, 0.25) is 0 Å². The van der Waals surface area contributed by atoms with Crippen LogP contribution in [0.1, 0.15) is 22.3 Å². The molecule has 1 aliphatic carbocycles. The third-order valence-electron chi connectivity index (χ3n) is 9.91. The molecule has 1 spiro atoms. The Morgan fingerprint density at radius 2 is 0.820 bits per heavy atom. The highest BCUT2D eigenvalue weighted by Crippen LogP contribution is 2.62. The molecule has 3 heterocycles. The van der Waals surface area contributed by atoms with Crippen molar-refractivity contribution in [2.45, 2.75) is 5.41 Å². The molecule has 0 saturated heterocycles. The number of benzene rings is 6. The van der Waals surface area contributed by atoms with Crippen LogP contribution in [0.2, 0.25) is 0 Å². The van der Waals surface area contributed by atoms with Crippen LogP contribution < -0.4 is 4.74 Å². The van der Waals surface area contributed by atoms with Crippen molar-refractivity contribution in [2.75, 3.05) is 0 Å². The standard InChI is InChI=1S/C45H28N4O/c1-3-11-30(12-4-1)42-47-43(31-13-5-2-6-14-31)49-44(48-42)33-20-22-35-34-21-19-32(29-23-25-46-26-24-29)27-38(34)45(39(35)28-33)36-15-7-9-17-40(36)50-41-18-10-8-16-37(41)45/h1-28H. The van der Waals surface area contributed by atoms with Gasteiger partial charge in [0.15, 0.2) is 17.5 Å². The van der Waals surface area contributed by atoms with E-state index in [1.54, 1.807) is 0 Å². The maximum Gasteiger partial charge on any atom is 0.164 e. The lowest BCUT2D eigenvalue weighted by atomic mass is 9.65. The number of hydrogen-bond donors (Lipinski definition) is 0. The third-order valence-corrected chi connectivity index (χ3v) is 9.91. The van der Waals surface area contributed by atoms with Gasteiger partial charge in [-0.1, -0.05) is 121 Å². The Balaban J connectivity index is 1.26. The van der Waals surface area contributed by atoms with E-state index in [1.807, 2.05) is 85.2 Å². The lowest BCUT2D eigenvalue weighted by molar-refractivity contribution is 0.436. The predicted octanol–water partition coefficient (Wildman–Crippen LogP) is 10.4. The molecule has 5 heteroatoms. The fraction of sp³-hybridized carbons (Fsp3) is 0.0222. The lowest BCUT2D eigenvalue weighted by Crippen LogP contribution is -2.32. The van der Waals surface area contributed by atoms with Gasteiger partial charge < -0.3 is 4.74 Å². The van der Waals surface area contributed by atoms with Crippen molar-refractivity contribution in [1.29, 1.82) is 0 Å². The van der Waals surface area contributed by atoms with Crippen LogP contribution in [-0.2, 0) is 5.41 Å². The lowest BCUT2D eigenvalue weighted by Gasteiger charge is -2.39. The van der Waals surface area contributed by atoms with Crippen LogP contribution >= 0.6 is 0 Å². The quantitative estimate of drug-likeness (QED) is 0.192. The molecule has 6 aromatic carbocycles. The highest BCUT2D eigenvalue weighted by molar-refractivity contribution is 5.91. The van der Waals surface area contributed by atoms with Gasteiger partial charge in [-0.25, -0.2) is 15.0 Å². The molecule has 0 N–H and O–H groups in total. The molecule has 2 aliphatic rings. The molecule has 1 aliphatic heterocycles. The molecular formula is C45H28N4O. The first-order valence-corrected chi connectivity index (χ1v) is 16.7. The van der Waals surface area contributed by atoms with Gasteiger partial charge in [-0.2, -0.15) is 0 Å². The Morgan fingerprint density at radius 1 is 0.360 bits per heavy atom. The van der Waals surface area contributed by atoms with Crippen molar-refractivity contribution in [2.24, 2.45) is 0 Å². The molecule has 50 heavy (non-hydrogen) atoms. The number of pyridine rings is 1. The number of para-hydroxylation sites is 2. The maximum atomic E-state index is 6.61. The predicted molar refractivity (Wildman–Crippen MR) is 197 cm³/mol. The molecule has 0 radical (unpaired) electrons. The molecule has 0 amide bonds. The number of ether oxygens (including phenoxy) is 1. The Morgan fingerprint density at radius 3 is 1.38 bits per heavy atom. The minimum Gasteiger partial charge on any atom is -0.457 e. The van der Waals surface area contributed by atoms with Crippen molar-refractivity contribution in [3.8, 4) is 67.9 Å². The minimum absolute atomic E-state index is 0.623. The molecule has 0 saturated carbocycles. The Kier molecular flexibility index (Phi) is 6.33. The van der Waals surface area contributed by atoms with Crippen LogP contribution in [0.3, 0.4) is 0 Å². The molecule has 0 unspecified atom stereocenters. The third kappa shape index (κ3) is 4.27. The second kappa shape index (κ2) is 11.2. The van der Waals surface area contributed by atoms with Gasteiger partial charge in [0.1, 0.15) is 11.5 Å². The number of rotatable bonds is 4. The second-order valence-electron chi connectivity index (χ2n) is 12.6. The van der Waals surface area contributed by atoms with E-state index in [0.717, 1.165) is 50.4 Å². The van der Waals surface area contributed by atoms with Gasteiger partial charge in [0, 0.05) is 40.2 Å². The summed E-state index contributed by atoms with van der Waals surface area (Å²) >= 11 is 0. The van der Waals surface area contributed by atoms with Crippen LogP contribution in [0.15, 0.2) is 170 Å². The summed E-state index contributed by atoms with van der Waals surface area (Å²) in [6, 6.07) is 54.7. The minimum atomic E-state index is -0.646. The molecule has 10 rings (SSSR count). The Bertz CT molecular complexity index is 2470. The summed E-state index contributed by atoms with van der Waals surface area (Å²) in [6.45, 7) is 0. The summed E-state index contributed by atoms with van der Waals surface area (Å²) in [5, 5.41) is 0. The van der Waals surface area contributed by atoms with Gasteiger partial charge in [-0.05, 0) is 69.8 Å². The molecule has 0 fully saturated rings. The van der Waals surface area contributed by atoms with E-state index in [4.69, 9.17) is 19.7 Å². The van der Waals surface area contributed by atoms with Gasteiger partial charge in [-0.15, -0.1) is 0 Å².